The second-order valence-electron chi connectivity index (χ2n) is 10.9. The van der Waals surface area contributed by atoms with Crippen LogP contribution in [0, 0.1) is 5.92 Å². The first kappa shape index (κ1) is 30.2. The minimum Gasteiger partial charge on any atom is -0.497 e. The summed E-state index contributed by atoms with van der Waals surface area (Å²) in [5, 5.41) is 5.90. The minimum absolute atomic E-state index is 0.0330. The van der Waals surface area contributed by atoms with Gasteiger partial charge in [-0.1, -0.05) is 32.6 Å². The third-order valence-corrected chi connectivity index (χ3v) is 7.96. The van der Waals surface area contributed by atoms with Crippen LogP contribution in [0.15, 0.2) is 48.5 Å². The van der Waals surface area contributed by atoms with Crippen molar-refractivity contribution >= 4 is 29.2 Å². The number of nitrogens with one attached hydrogen (secondary N) is 2. The fourth-order valence-corrected chi connectivity index (χ4v) is 5.48. The number of carbonyl (C=O) groups is 3. The maximum absolute atomic E-state index is 13.4. The van der Waals surface area contributed by atoms with E-state index in [1.165, 1.54) is 25.7 Å². The Hall–Kier alpha value is -3.75. The van der Waals surface area contributed by atoms with Gasteiger partial charge in [0, 0.05) is 36.9 Å². The van der Waals surface area contributed by atoms with E-state index < -0.39 is 6.04 Å². The molecule has 2 saturated heterocycles. The molecule has 4 amide bonds. The van der Waals surface area contributed by atoms with Crippen LogP contribution in [-0.4, -0.2) is 67.0 Å². The van der Waals surface area contributed by atoms with Crippen molar-refractivity contribution in [3.8, 4) is 11.5 Å². The molecule has 0 radical (unpaired) electrons. The Kier molecular flexibility index (Phi) is 11.3. The lowest BCUT2D eigenvalue weighted by atomic mass is 9.95. The smallest absolute Gasteiger partial charge is 0.322 e. The second kappa shape index (κ2) is 15.3. The Bertz CT molecular complexity index is 1130. The normalized spacial score (nSPS) is 17.3. The summed E-state index contributed by atoms with van der Waals surface area (Å²) >= 11 is 0. The monoisotopic (exact) mass is 564 g/mol. The molecule has 0 bridgehead atoms. The maximum atomic E-state index is 13.4. The number of methoxy groups -OCH3 is 1. The average molecular weight is 565 g/mol. The van der Waals surface area contributed by atoms with Gasteiger partial charge in [-0.25, -0.2) is 4.79 Å². The number of carbonyl (C=O) groups excluding carboxylic acids is 3. The lowest BCUT2D eigenvalue weighted by Crippen LogP contribution is -2.51. The molecule has 41 heavy (non-hydrogen) atoms. The van der Waals surface area contributed by atoms with Crippen LogP contribution in [0.4, 0.5) is 16.2 Å². The van der Waals surface area contributed by atoms with Crippen LogP contribution in [0.3, 0.4) is 0 Å². The van der Waals surface area contributed by atoms with Gasteiger partial charge in [0.05, 0.1) is 13.7 Å². The molecule has 0 aliphatic carbocycles. The van der Waals surface area contributed by atoms with Crippen molar-refractivity contribution < 1.29 is 23.9 Å². The molecule has 0 saturated carbocycles. The van der Waals surface area contributed by atoms with Crippen LogP contribution < -0.4 is 20.1 Å². The Morgan fingerprint density at radius 3 is 2.10 bits per heavy atom. The van der Waals surface area contributed by atoms with Crippen LogP contribution in [0.2, 0.25) is 0 Å². The molecule has 0 unspecified atom stereocenters. The van der Waals surface area contributed by atoms with Gasteiger partial charge in [-0.05, 0) is 80.6 Å². The highest BCUT2D eigenvalue weighted by atomic mass is 16.5. The van der Waals surface area contributed by atoms with E-state index in [9.17, 15) is 14.4 Å². The number of urea groups is 1. The summed E-state index contributed by atoms with van der Waals surface area (Å²) in [5.74, 6) is 1.29. The summed E-state index contributed by atoms with van der Waals surface area (Å²) in [6.07, 6.45) is 8.58. The van der Waals surface area contributed by atoms with Crippen molar-refractivity contribution in [2.24, 2.45) is 5.92 Å². The van der Waals surface area contributed by atoms with E-state index in [0.29, 0.717) is 51.2 Å². The minimum atomic E-state index is -0.477. The number of piperidine rings is 1. The highest BCUT2D eigenvalue weighted by Crippen LogP contribution is 2.26. The molecule has 2 aromatic rings. The molecule has 0 aromatic heterocycles. The SMILES string of the molecule is CCCCCCCOc1ccc(NC(=O)N2CCC[C@H]2C(=O)N2CCC(C(=O)Nc3ccc(OC)cc3)CC2)cc1. The molecule has 1 atom stereocenters. The van der Waals surface area contributed by atoms with Crippen LogP contribution in [0.25, 0.3) is 0 Å². The Morgan fingerprint density at radius 1 is 0.805 bits per heavy atom. The molecule has 2 N–H and O–H groups in total. The van der Waals surface area contributed by atoms with E-state index in [1.54, 1.807) is 24.1 Å². The second-order valence-corrected chi connectivity index (χ2v) is 10.9. The first-order chi connectivity index (χ1) is 20.0. The highest BCUT2D eigenvalue weighted by molar-refractivity contribution is 5.95. The zero-order valence-corrected chi connectivity index (χ0v) is 24.4. The standard InChI is InChI=1S/C32H44N4O5/c1-3-4-5-6-7-23-41-28-16-12-26(13-17-28)34-32(39)36-20-8-9-29(36)31(38)35-21-18-24(19-22-35)30(37)33-25-10-14-27(40-2)15-11-25/h10-17,24,29H,3-9,18-23H2,1-2H3,(H,33,37)(H,34,39)/t29-/m0/s1. The van der Waals surface area contributed by atoms with Crippen molar-refractivity contribution in [3.63, 3.8) is 0 Å². The number of rotatable bonds is 12. The molecular formula is C32H44N4O5. The van der Waals surface area contributed by atoms with E-state index >= 15 is 0 Å². The van der Waals surface area contributed by atoms with Gasteiger partial charge in [-0.2, -0.15) is 0 Å². The van der Waals surface area contributed by atoms with E-state index in [-0.39, 0.29) is 23.8 Å². The zero-order valence-electron chi connectivity index (χ0n) is 24.4. The Balaban J connectivity index is 1.21. The Labute approximate surface area is 243 Å². The molecule has 4 rings (SSSR count). The first-order valence-corrected chi connectivity index (χ1v) is 15.0. The molecule has 9 nitrogen and oxygen atoms in total. The molecule has 2 heterocycles. The number of nitrogens with zero attached hydrogens (tertiary/aromatic N) is 2. The number of benzene rings is 2. The summed E-state index contributed by atoms with van der Waals surface area (Å²) < 4.78 is 11.0. The summed E-state index contributed by atoms with van der Waals surface area (Å²) in [5.41, 5.74) is 1.40. The third-order valence-electron chi connectivity index (χ3n) is 7.96. The number of likely N-dealkylation sites (tertiary alicyclic amines) is 2. The van der Waals surface area contributed by atoms with Gasteiger partial charge in [0.15, 0.2) is 0 Å². The van der Waals surface area contributed by atoms with Crippen molar-refractivity contribution in [3.05, 3.63) is 48.5 Å². The van der Waals surface area contributed by atoms with Gasteiger partial charge in [-0.15, -0.1) is 0 Å². The lowest BCUT2D eigenvalue weighted by Gasteiger charge is -2.35. The molecule has 2 fully saturated rings. The van der Waals surface area contributed by atoms with Crippen LogP contribution in [-0.2, 0) is 9.59 Å². The van der Waals surface area contributed by atoms with Gasteiger partial charge in [0.1, 0.15) is 17.5 Å². The number of amides is 4. The largest absolute Gasteiger partial charge is 0.497 e. The van der Waals surface area contributed by atoms with E-state index in [0.717, 1.165) is 30.0 Å². The average Bonchev–Trinajstić information content (AvgIpc) is 3.50. The van der Waals surface area contributed by atoms with Crippen molar-refractivity contribution in [1.29, 1.82) is 0 Å². The van der Waals surface area contributed by atoms with E-state index in [1.807, 2.05) is 41.3 Å². The molecule has 2 aromatic carbocycles. The van der Waals surface area contributed by atoms with Gasteiger partial charge < -0.3 is 29.9 Å². The van der Waals surface area contributed by atoms with Crippen LogP contribution in [0.5, 0.6) is 11.5 Å². The first-order valence-electron chi connectivity index (χ1n) is 15.0. The topological polar surface area (TPSA) is 100 Å². The summed E-state index contributed by atoms with van der Waals surface area (Å²) in [7, 11) is 1.60. The van der Waals surface area contributed by atoms with E-state index in [2.05, 4.69) is 17.6 Å². The third kappa shape index (κ3) is 8.62. The lowest BCUT2D eigenvalue weighted by molar-refractivity contribution is -0.138. The molecule has 2 aliphatic heterocycles. The number of hydrogen-bond acceptors (Lipinski definition) is 5. The zero-order chi connectivity index (χ0) is 29.0. The highest BCUT2D eigenvalue weighted by Gasteiger charge is 2.38. The van der Waals surface area contributed by atoms with Gasteiger partial charge in [0.2, 0.25) is 11.8 Å². The Morgan fingerprint density at radius 2 is 1.44 bits per heavy atom. The summed E-state index contributed by atoms with van der Waals surface area (Å²) in [6, 6.07) is 13.9. The van der Waals surface area contributed by atoms with Gasteiger partial charge in [0.25, 0.3) is 0 Å². The van der Waals surface area contributed by atoms with E-state index in [4.69, 9.17) is 9.47 Å². The molecule has 222 valence electrons. The van der Waals surface area contributed by atoms with Crippen LogP contribution in [0.1, 0.15) is 64.7 Å². The quantitative estimate of drug-likeness (QED) is 0.312. The molecular weight excluding hydrogens is 520 g/mol. The van der Waals surface area contributed by atoms with Gasteiger partial charge >= 0.3 is 6.03 Å². The number of ether oxygens (including phenoxy) is 2. The predicted octanol–water partition coefficient (Wildman–Crippen LogP) is 5.92. The van der Waals surface area contributed by atoms with Gasteiger partial charge in [-0.3, -0.25) is 9.59 Å². The summed E-state index contributed by atoms with van der Waals surface area (Å²) in [6.45, 7) is 4.45. The molecule has 9 heteroatoms. The molecule has 0 spiro atoms. The fourth-order valence-electron chi connectivity index (χ4n) is 5.48. The molecule has 2 aliphatic rings. The number of hydrogen-bond donors (Lipinski definition) is 2. The van der Waals surface area contributed by atoms with Crippen LogP contribution >= 0.6 is 0 Å². The van der Waals surface area contributed by atoms with Crippen molar-refractivity contribution in [2.45, 2.75) is 70.8 Å². The fraction of sp³-hybridized carbons (Fsp3) is 0.531. The number of unbranched alkanes of at least 4 members (excludes halogenated alkanes) is 4. The maximum Gasteiger partial charge on any atom is 0.322 e. The van der Waals surface area contributed by atoms with Crippen molar-refractivity contribution in [2.75, 3.05) is 44.0 Å². The summed E-state index contributed by atoms with van der Waals surface area (Å²) in [4.78, 5) is 42.7. The predicted molar refractivity (Wildman–Crippen MR) is 160 cm³/mol. The number of anilines is 2. The van der Waals surface area contributed by atoms with Crippen molar-refractivity contribution in [1.82, 2.24) is 9.80 Å².